The molecule has 2 rings (SSSR count). The van der Waals surface area contributed by atoms with Crippen LogP contribution < -0.4 is 5.32 Å². The summed E-state index contributed by atoms with van der Waals surface area (Å²) in [7, 11) is 1.57. The van der Waals surface area contributed by atoms with Gasteiger partial charge in [0.15, 0.2) is 6.23 Å². The summed E-state index contributed by atoms with van der Waals surface area (Å²) in [5, 5.41) is 15.1. The predicted octanol–water partition coefficient (Wildman–Crippen LogP) is 1.25. The lowest BCUT2D eigenvalue weighted by Crippen LogP contribution is -2.47. The minimum absolute atomic E-state index is 0.129. The number of benzene rings is 1. The summed E-state index contributed by atoms with van der Waals surface area (Å²) in [4.78, 5) is 5.21. The third kappa shape index (κ3) is 1.85. The van der Waals surface area contributed by atoms with E-state index < -0.39 is 6.23 Å². The normalized spacial score (nSPS) is 29.5. The third-order valence-corrected chi connectivity index (χ3v) is 2.95. The van der Waals surface area contributed by atoms with Crippen LogP contribution in [0.15, 0.2) is 30.3 Å². The van der Waals surface area contributed by atoms with E-state index in [1.54, 1.807) is 12.2 Å². The molecule has 1 aliphatic heterocycles. The quantitative estimate of drug-likeness (QED) is 0.790. The molecule has 0 amide bonds. The molecule has 1 heterocycles. The second kappa shape index (κ2) is 4.14. The molecule has 16 heavy (non-hydrogen) atoms. The third-order valence-electron chi connectivity index (χ3n) is 2.95. The van der Waals surface area contributed by atoms with Crippen LogP contribution in [-0.2, 0) is 4.84 Å². The van der Waals surface area contributed by atoms with Gasteiger partial charge in [-0.15, -0.1) is 5.06 Å². The van der Waals surface area contributed by atoms with Gasteiger partial charge in [0, 0.05) is 0 Å². The van der Waals surface area contributed by atoms with E-state index in [1.165, 1.54) is 0 Å². The Kier molecular flexibility index (Phi) is 2.99. The molecular weight excluding hydrogens is 204 g/mol. The number of hydrogen-bond acceptors (Lipinski definition) is 4. The zero-order valence-electron chi connectivity index (χ0n) is 9.84. The van der Waals surface area contributed by atoms with Crippen LogP contribution in [0.1, 0.15) is 25.5 Å². The number of aliphatic hydroxyl groups excluding tert-OH is 1. The van der Waals surface area contributed by atoms with Gasteiger partial charge in [-0.3, -0.25) is 10.2 Å². The molecule has 88 valence electrons. The van der Waals surface area contributed by atoms with Gasteiger partial charge in [-0.05, 0) is 19.4 Å². The molecule has 0 spiro atoms. The second-order valence-corrected chi connectivity index (χ2v) is 4.51. The molecule has 1 saturated heterocycles. The molecule has 4 nitrogen and oxygen atoms in total. The summed E-state index contributed by atoms with van der Waals surface area (Å²) in [6.45, 7) is 3.95. The lowest BCUT2D eigenvalue weighted by atomic mass is 10.1. The molecule has 0 bridgehead atoms. The molecular formula is C12H18N2O2. The van der Waals surface area contributed by atoms with Crippen molar-refractivity contribution < 1.29 is 9.94 Å². The van der Waals surface area contributed by atoms with E-state index in [4.69, 9.17) is 4.84 Å². The fraction of sp³-hybridized carbons (Fsp3) is 0.500. The van der Waals surface area contributed by atoms with Crippen LogP contribution in [0.25, 0.3) is 0 Å². The lowest BCUT2D eigenvalue weighted by molar-refractivity contribution is -0.244. The molecule has 1 aliphatic rings. The maximum absolute atomic E-state index is 10.2. The van der Waals surface area contributed by atoms with E-state index in [0.29, 0.717) is 0 Å². The van der Waals surface area contributed by atoms with Crippen LogP contribution in [-0.4, -0.2) is 29.2 Å². The lowest BCUT2D eigenvalue weighted by Gasteiger charge is -2.29. The summed E-state index contributed by atoms with van der Waals surface area (Å²) < 4.78 is 0. The van der Waals surface area contributed by atoms with Crippen LogP contribution in [0.3, 0.4) is 0 Å². The van der Waals surface area contributed by atoms with Gasteiger partial charge in [0.05, 0.1) is 18.8 Å². The summed E-state index contributed by atoms with van der Waals surface area (Å²) in [6.07, 6.45) is -0.678. The fourth-order valence-electron chi connectivity index (χ4n) is 2.24. The average molecular weight is 222 g/mol. The molecule has 0 saturated carbocycles. The largest absolute Gasteiger partial charge is 0.374 e. The highest BCUT2D eigenvalue weighted by Gasteiger charge is 2.46. The zero-order chi connectivity index (χ0) is 11.8. The SMILES string of the molecule is CON1C(O)[C@H](c2ccccc2)NC1(C)C. The first-order chi connectivity index (χ1) is 7.56. The first-order valence-corrected chi connectivity index (χ1v) is 5.40. The molecule has 2 atom stereocenters. The van der Waals surface area contributed by atoms with Gasteiger partial charge in [0.25, 0.3) is 0 Å². The van der Waals surface area contributed by atoms with Crippen LogP contribution in [0.4, 0.5) is 0 Å². The fourth-order valence-corrected chi connectivity index (χ4v) is 2.24. The van der Waals surface area contributed by atoms with E-state index in [2.05, 4.69) is 5.32 Å². The van der Waals surface area contributed by atoms with Crippen molar-refractivity contribution in [2.75, 3.05) is 7.11 Å². The molecule has 0 aliphatic carbocycles. The second-order valence-electron chi connectivity index (χ2n) is 4.51. The molecule has 1 fully saturated rings. The molecule has 0 aromatic heterocycles. The van der Waals surface area contributed by atoms with Gasteiger partial charge in [-0.2, -0.15) is 0 Å². The first-order valence-electron chi connectivity index (χ1n) is 5.40. The van der Waals surface area contributed by atoms with Crippen LogP contribution in [0.2, 0.25) is 0 Å². The number of hydroxylamine groups is 2. The standard InChI is InChI=1S/C12H18N2O2/c1-12(2)13-10(11(15)14(12)16-3)9-7-5-4-6-8-9/h4-8,10-11,13,15H,1-3H3/t10-,11?/m0/s1. The Bertz CT molecular complexity index is 353. The number of rotatable bonds is 2. The highest BCUT2D eigenvalue weighted by Crippen LogP contribution is 2.33. The topological polar surface area (TPSA) is 44.7 Å². The van der Waals surface area contributed by atoms with Gasteiger partial charge in [-0.25, -0.2) is 0 Å². The monoisotopic (exact) mass is 222 g/mol. The smallest absolute Gasteiger partial charge is 0.151 e. The summed E-state index contributed by atoms with van der Waals surface area (Å²) in [6, 6.07) is 9.76. The summed E-state index contributed by atoms with van der Waals surface area (Å²) in [5.74, 6) is 0. The van der Waals surface area contributed by atoms with Crippen molar-refractivity contribution in [2.45, 2.75) is 31.8 Å². The summed E-state index contributed by atoms with van der Waals surface area (Å²) in [5.41, 5.74) is 0.678. The molecule has 2 N–H and O–H groups in total. The Labute approximate surface area is 95.8 Å². The summed E-state index contributed by atoms with van der Waals surface area (Å²) >= 11 is 0. The molecule has 1 aromatic carbocycles. The van der Waals surface area contributed by atoms with Crippen molar-refractivity contribution >= 4 is 0 Å². The predicted molar refractivity (Wildman–Crippen MR) is 61.3 cm³/mol. The van der Waals surface area contributed by atoms with Gasteiger partial charge in [0.1, 0.15) is 0 Å². The molecule has 0 radical (unpaired) electrons. The average Bonchev–Trinajstić information content (AvgIpc) is 2.50. The van der Waals surface area contributed by atoms with E-state index in [0.717, 1.165) is 5.56 Å². The zero-order valence-corrected chi connectivity index (χ0v) is 9.84. The van der Waals surface area contributed by atoms with Crippen molar-refractivity contribution in [3.8, 4) is 0 Å². The molecule has 1 aromatic rings. The van der Waals surface area contributed by atoms with Crippen LogP contribution in [0.5, 0.6) is 0 Å². The highest BCUT2D eigenvalue weighted by atomic mass is 16.7. The minimum atomic E-state index is -0.678. The minimum Gasteiger partial charge on any atom is -0.374 e. The van der Waals surface area contributed by atoms with Gasteiger partial charge >= 0.3 is 0 Å². The van der Waals surface area contributed by atoms with Crippen molar-refractivity contribution in [1.82, 2.24) is 10.4 Å². The van der Waals surface area contributed by atoms with E-state index >= 15 is 0 Å². The van der Waals surface area contributed by atoms with Gasteiger partial charge in [0.2, 0.25) is 0 Å². The Hall–Kier alpha value is -0.940. The maximum Gasteiger partial charge on any atom is 0.151 e. The van der Waals surface area contributed by atoms with E-state index in [-0.39, 0.29) is 11.7 Å². The highest BCUT2D eigenvalue weighted by molar-refractivity contribution is 5.21. The molecule has 1 unspecified atom stereocenters. The Morgan fingerprint density at radius 3 is 2.44 bits per heavy atom. The number of aliphatic hydroxyl groups is 1. The van der Waals surface area contributed by atoms with Gasteiger partial charge in [-0.1, -0.05) is 30.3 Å². The Morgan fingerprint density at radius 1 is 1.31 bits per heavy atom. The van der Waals surface area contributed by atoms with Crippen molar-refractivity contribution in [1.29, 1.82) is 0 Å². The van der Waals surface area contributed by atoms with Crippen molar-refractivity contribution in [3.63, 3.8) is 0 Å². The van der Waals surface area contributed by atoms with E-state index in [1.807, 2.05) is 44.2 Å². The number of nitrogens with zero attached hydrogens (tertiary/aromatic N) is 1. The van der Waals surface area contributed by atoms with Gasteiger partial charge < -0.3 is 5.11 Å². The number of hydrogen-bond donors (Lipinski definition) is 2. The molecule has 4 heteroatoms. The Balaban J connectivity index is 2.26. The van der Waals surface area contributed by atoms with Crippen molar-refractivity contribution in [3.05, 3.63) is 35.9 Å². The van der Waals surface area contributed by atoms with Crippen LogP contribution in [0, 0.1) is 0 Å². The Morgan fingerprint density at radius 2 is 1.94 bits per heavy atom. The number of nitrogens with one attached hydrogen (secondary N) is 1. The van der Waals surface area contributed by atoms with Crippen molar-refractivity contribution in [2.24, 2.45) is 0 Å². The van der Waals surface area contributed by atoms with Crippen LogP contribution >= 0.6 is 0 Å². The van der Waals surface area contributed by atoms with E-state index in [9.17, 15) is 5.11 Å². The maximum atomic E-state index is 10.2. The first kappa shape index (κ1) is 11.5.